The van der Waals surface area contributed by atoms with E-state index in [1.54, 1.807) is 12.5 Å². The maximum absolute atomic E-state index is 4.39. The quantitative estimate of drug-likeness (QED) is 0.867. The van der Waals surface area contributed by atoms with E-state index >= 15 is 0 Å². The second-order valence-corrected chi connectivity index (χ2v) is 5.01. The first-order valence-electron chi connectivity index (χ1n) is 5.28. The zero-order valence-electron chi connectivity index (χ0n) is 10.0. The second kappa shape index (κ2) is 4.99. The molecule has 1 N–H and O–H groups in total. The summed E-state index contributed by atoms with van der Waals surface area (Å²) in [7, 11) is 1.96. The molecule has 0 spiro atoms. The Morgan fingerprint density at radius 1 is 1.41 bits per heavy atom. The van der Waals surface area contributed by atoms with Gasteiger partial charge in [0, 0.05) is 31.0 Å². The highest BCUT2D eigenvalue weighted by atomic mass is 127. The molecule has 2 aromatic heterocycles. The average molecular weight is 343 g/mol. The fourth-order valence-electron chi connectivity index (χ4n) is 1.69. The first-order chi connectivity index (χ1) is 8.09. The van der Waals surface area contributed by atoms with Gasteiger partial charge in [-0.2, -0.15) is 5.10 Å². The Balaban J connectivity index is 2.15. The van der Waals surface area contributed by atoms with E-state index < -0.39 is 0 Å². The molecule has 0 aliphatic carbocycles. The van der Waals surface area contributed by atoms with E-state index in [0.29, 0.717) is 0 Å². The number of nitrogens with zero attached hydrogens (tertiary/aromatic N) is 4. The summed E-state index contributed by atoms with van der Waals surface area (Å²) >= 11 is 2.22. The molecule has 17 heavy (non-hydrogen) atoms. The molecular weight excluding hydrogens is 329 g/mol. The van der Waals surface area contributed by atoms with Crippen LogP contribution in [0.5, 0.6) is 0 Å². The van der Waals surface area contributed by atoms with Crippen LogP contribution >= 0.6 is 22.6 Å². The van der Waals surface area contributed by atoms with Crippen molar-refractivity contribution in [2.75, 3.05) is 5.32 Å². The van der Waals surface area contributed by atoms with E-state index in [0.717, 1.165) is 21.6 Å². The molecular formula is C11H14IN5. The van der Waals surface area contributed by atoms with Gasteiger partial charge in [-0.05, 0) is 36.4 Å². The van der Waals surface area contributed by atoms with Gasteiger partial charge in [-0.3, -0.25) is 4.68 Å². The monoisotopic (exact) mass is 343 g/mol. The standard InChI is InChI=1S/C11H14IN5/c1-7-9(8(2)17(3)16-7)4-14-11-10(12)5-13-6-15-11/h5-6H,4H2,1-3H3,(H,13,14,15). The van der Waals surface area contributed by atoms with Gasteiger partial charge in [0.15, 0.2) is 0 Å². The number of rotatable bonds is 3. The SMILES string of the molecule is Cc1nn(C)c(C)c1CNc1ncncc1I. The van der Waals surface area contributed by atoms with Crippen LogP contribution in [0.4, 0.5) is 5.82 Å². The van der Waals surface area contributed by atoms with Crippen molar-refractivity contribution in [3.8, 4) is 0 Å². The molecule has 0 radical (unpaired) electrons. The molecule has 0 bridgehead atoms. The molecule has 5 nitrogen and oxygen atoms in total. The fourth-order valence-corrected chi connectivity index (χ4v) is 2.18. The molecule has 0 unspecified atom stereocenters. The van der Waals surface area contributed by atoms with Gasteiger partial charge in [0.25, 0.3) is 0 Å². The van der Waals surface area contributed by atoms with Crippen molar-refractivity contribution in [3.63, 3.8) is 0 Å². The van der Waals surface area contributed by atoms with Crippen molar-refractivity contribution >= 4 is 28.4 Å². The smallest absolute Gasteiger partial charge is 0.143 e. The Hall–Kier alpha value is -1.18. The molecule has 0 fully saturated rings. The Morgan fingerprint density at radius 3 is 2.76 bits per heavy atom. The lowest BCUT2D eigenvalue weighted by molar-refractivity contribution is 0.730. The molecule has 0 aliphatic rings. The van der Waals surface area contributed by atoms with E-state index in [4.69, 9.17) is 0 Å². The van der Waals surface area contributed by atoms with Gasteiger partial charge in [-0.1, -0.05) is 0 Å². The maximum Gasteiger partial charge on any atom is 0.143 e. The zero-order chi connectivity index (χ0) is 12.4. The number of hydrogen-bond donors (Lipinski definition) is 1. The molecule has 2 rings (SSSR count). The van der Waals surface area contributed by atoms with Crippen LogP contribution < -0.4 is 5.32 Å². The van der Waals surface area contributed by atoms with Gasteiger partial charge >= 0.3 is 0 Å². The lowest BCUT2D eigenvalue weighted by Gasteiger charge is -2.07. The summed E-state index contributed by atoms with van der Waals surface area (Å²) in [5, 5.41) is 7.70. The third-order valence-corrected chi connectivity index (χ3v) is 3.55. The predicted molar refractivity (Wildman–Crippen MR) is 74.8 cm³/mol. The molecule has 2 aromatic rings. The Morgan fingerprint density at radius 2 is 2.18 bits per heavy atom. The van der Waals surface area contributed by atoms with Gasteiger partial charge in [-0.25, -0.2) is 9.97 Å². The molecule has 6 heteroatoms. The van der Waals surface area contributed by atoms with E-state index in [1.165, 1.54) is 11.3 Å². The summed E-state index contributed by atoms with van der Waals surface area (Å²) in [6.45, 7) is 4.83. The lowest BCUT2D eigenvalue weighted by atomic mass is 10.2. The van der Waals surface area contributed by atoms with Crippen molar-refractivity contribution in [1.29, 1.82) is 0 Å². The molecule has 2 heterocycles. The molecule has 0 aromatic carbocycles. The number of aromatic nitrogens is 4. The van der Waals surface area contributed by atoms with Crippen molar-refractivity contribution in [1.82, 2.24) is 19.7 Å². The Labute approximate surface area is 114 Å². The maximum atomic E-state index is 4.39. The topological polar surface area (TPSA) is 55.6 Å². The highest BCUT2D eigenvalue weighted by Crippen LogP contribution is 2.16. The summed E-state index contributed by atoms with van der Waals surface area (Å²) in [6, 6.07) is 0. The number of halogens is 1. The lowest BCUT2D eigenvalue weighted by Crippen LogP contribution is -2.05. The Bertz CT molecular complexity index is 535. The number of aryl methyl sites for hydroxylation is 2. The summed E-state index contributed by atoms with van der Waals surface area (Å²) in [5.41, 5.74) is 3.46. The van der Waals surface area contributed by atoms with Crippen LogP contribution in [0.25, 0.3) is 0 Å². The van der Waals surface area contributed by atoms with E-state index in [9.17, 15) is 0 Å². The fraction of sp³-hybridized carbons (Fsp3) is 0.364. The van der Waals surface area contributed by atoms with Crippen LogP contribution in [0, 0.1) is 17.4 Å². The number of anilines is 1. The first-order valence-corrected chi connectivity index (χ1v) is 6.36. The number of hydrogen-bond acceptors (Lipinski definition) is 4. The van der Waals surface area contributed by atoms with Gasteiger partial charge < -0.3 is 5.32 Å². The highest BCUT2D eigenvalue weighted by molar-refractivity contribution is 14.1. The minimum atomic E-state index is 0.735. The van der Waals surface area contributed by atoms with Gasteiger partial charge in [0.2, 0.25) is 0 Å². The molecule has 90 valence electrons. The van der Waals surface area contributed by atoms with E-state index in [2.05, 4.69) is 49.9 Å². The molecule has 0 saturated heterocycles. The second-order valence-electron chi connectivity index (χ2n) is 3.85. The zero-order valence-corrected chi connectivity index (χ0v) is 12.2. The molecule has 0 atom stereocenters. The van der Waals surface area contributed by atoms with Crippen molar-refractivity contribution < 1.29 is 0 Å². The van der Waals surface area contributed by atoms with E-state index in [-0.39, 0.29) is 0 Å². The average Bonchev–Trinajstić information content (AvgIpc) is 2.53. The largest absolute Gasteiger partial charge is 0.365 e. The summed E-state index contributed by atoms with van der Waals surface area (Å²) in [5.74, 6) is 0.864. The minimum Gasteiger partial charge on any atom is -0.365 e. The highest BCUT2D eigenvalue weighted by Gasteiger charge is 2.09. The first kappa shape index (κ1) is 12.3. The normalized spacial score (nSPS) is 10.6. The van der Waals surface area contributed by atoms with Gasteiger partial charge in [-0.15, -0.1) is 0 Å². The van der Waals surface area contributed by atoms with Crippen LogP contribution in [-0.4, -0.2) is 19.7 Å². The third-order valence-electron chi connectivity index (χ3n) is 2.76. The summed E-state index contributed by atoms with van der Waals surface area (Å²) in [4.78, 5) is 8.17. The van der Waals surface area contributed by atoms with E-state index in [1.807, 2.05) is 18.7 Å². The van der Waals surface area contributed by atoms with Gasteiger partial charge in [0.1, 0.15) is 12.1 Å². The minimum absolute atomic E-state index is 0.735. The van der Waals surface area contributed by atoms with Crippen molar-refractivity contribution in [2.45, 2.75) is 20.4 Å². The predicted octanol–water partition coefficient (Wildman–Crippen LogP) is 2.04. The summed E-state index contributed by atoms with van der Waals surface area (Å²) < 4.78 is 2.92. The molecule has 0 amide bonds. The van der Waals surface area contributed by atoms with Crippen molar-refractivity contribution in [3.05, 3.63) is 33.0 Å². The third kappa shape index (κ3) is 2.56. The van der Waals surface area contributed by atoms with Crippen LogP contribution in [0.3, 0.4) is 0 Å². The van der Waals surface area contributed by atoms with Crippen LogP contribution in [-0.2, 0) is 13.6 Å². The van der Waals surface area contributed by atoms with Crippen LogP contribution in [0.15, 0.2) is 12.5 Å². The number of nitrogens with one attached hydrogen (secondary N) is 1. The summed E-state index contributed by atoms with van der Waals surface area (Å²) in [6.07, 6.45) is 3.34. The molecule has 0 aliphatic heterocycles. The molecule has 0 saturated carbocycles. The Kier molecular flexibility index (Phi) is 3.60. The van der Waals surface area contributed by atoms with Crippen molar-refractivity contribution in [2.24, 2.45) is 7.05 Å². The van der Waals surface area contributed by atoms with Crippen LogP contribution in [0.2, 0.25) is 0 Å². The van der Waals surface area contributed by atoms with Gasteiger partial charge in [0.05, 0.1) is 9.26 Å². The van der Waals surface area contributed by atoms with Crippen LogP contribution in [0.1, 0.15) is 17.0 Å².